The fourth-order valence-corrected chi connectivity index (χ4v) is 4.64. The molecule has 0 saturated carbocycles. The zero-order valence-electron chi connectivity index (χ0n) is 22.4. The lowest BCUT2D eigenvalue weighted by atomic mass is 10.1. The van der Waals surface area contributed by atoms with Gasteiger partial charge >= 0.3 is 0 Å². The molecule has 1 atom stereocenters. The second kappa shape index (κ2) is 12.5. The van der Waals surface area contributed by atoms with E-state index in [1.54, 1.807) is 17.8 Å². The number of nitrogens with one attached hydrogen (secondary N) is 1. The van der Waals surface area contributed by atoms with Gasteiger partial charge in [-0.05, 0) is 23.8 Å². The normalized spacial score (nSPS) is 17.6. The lowest BCUT2D eigenvalue weighted by Gasteiger charge is -2.32. The molecule has 0 bridgehead atoms. The molecule has 5 rings (SSSR count). The van der Waals surface area contributed by atoms with E-state index < -0.39 is 11.9 Å². The van der Waals surface area contributed by atoms with Crippen LogP contribution in [0.3, 0.4) is 0 Å². The number of piperazine rings is 1. The number of fused-ring (bicyclic) bond motifs is 1. The molecule has 2 aliphatic heterocycles. The number of nitrogens with zero attached hydrogens (tertiary/aromatic N) is 6. The van der Waals surface area contributed by atoms with Gasteiger partial charge in [-0.2, -0.15) is 0 Å². The smallest absolute Gasteiger partial charge is 0.291 e. The highest BCUT2D eigenvalue weighted by Crippen LogP contribution is 2.31. The first-order valence-corrected chi connectivity index (χ1v) is 13.2. The highest BCUT2D eigenvalue weighted by molar-refractivity contribution is 6.02. The van der Waals surface area contributed by atoms with Crippen LogP contribution in [0.5, 0.6) is 5.75 Å². The number of anilines is 1. The van der Waals surface area contributed by atoms with E-state index >= 15 is 0 Å². The zero-order chi connectivity index (χ0) is 27.9. The Hall–Kier alpha value is -4.64. The van der Waals surface area contributed by atoms with Gasteiger partial charge in [-0.3, -0.25) is 19.4 Å². The predicted octanol–water partition coefficient (Wildman–Crippen LogP) is 1.08. The molecule has 0 aliphatic carbocycles. The average molecular weight is 538 g/mol. The molecular weight excluding hydrogens is 506 g/mol. The van der Waals surface area contributed by atoms with Crippen molar-refractivity contribution in [2.75, 3.05) is 57.8 Å². The molecule has 1 fully saturated rings. The Morgan fingerprint density at radius 3 is 2.60 bits per heavy atom. The van der Waals surface area contributed by atoms with Crippen LogP contribution in [0.4, 0.5) is 5.69 Å². The van der Waals surface area contributed by atoms with Crippen molar-refractivity contribution >= 4 is 17.5 Å². The highest BCUT2D eigenvalue weighted by atomic mass is 16.5. The van der Waals surface area contributed by atoms with Crippen LogP contribution in [0.2, 0.25) is 0 Å². The van der Waals surface area contributed by atoms with E-state index in [2.05, 4.69) is 43.0 Å². The van der Waals surface area contributed by atoms with Crippen molar-refractivity contribution in [3.05, 3.63) is 71.8 Å². The van der Waals surface area contributed by atoms with Crippen LogP contribution in [0.25, 0.3) is 0 Å². The van der Waals surface area contributed by atoms with Crippen molar-refractivity contribution in [1.29, 1.82) is 0 Å². The molecule has 2 aromatic carbocycles. The first-order chi connectivity index (χ1) is 19.5. The number of carbonyl (C=O) groups excluding carboxylic acids is 2. The van der Waals surface area contributed by atoms with Gasteiger partial charge in [0.15, 0.2) is 0 Å². The molecule has 3 heterocycles. The lowest BCUT2D eigenvalue weighted by molar-refractivity contribution is -0.120. The molecule has 1 aromatic heterocycles. The number of benzene rings is 2. The van der Waals surface area contributed by atoms with E-state index in [1.807, 2.05) is 42.5 Å². The van der Waals surface area contributed by atoms with Crippen molar-refractivity contribution < 1.29 is 14.3 Å². The molecule has 0 spiro atoms. The Morgan fingerprint density at radius 1 is 1.10 bits per heavy atom. The van der Waals surface area contributed by atoms with Gasteiger partial charge in [0.05, 0.1) is 25.3 Å². The summed E-state index contributed by atoms with van der Waals surface area (Å²) in [6.45, 7) is 5.57. The van der Waals surface area contributed by atoms with Crippen LogP contribution in [0.15, 0.2) is 54.9 Å². The van der Waals surface area contributed by atoms with Crippen LogP contribution in [0, 0.1) is 24.2 Å². The Morgan fingerprint density at radius 2 is 1.85 bits per heavy atom. The van der Waals surface area contributed by atoms with Crippen LogP contribution in [0.1, 0.15) is 21.7 Å². The molecule has 0 unspecified atom stereocenters. The number of carbonyl (C=O) groups is 2. The number of hydrogen-bond donors (Lipinski definition) is 1. The number of aromatic nitrogens is 3. The molecule has 1 N–H and O–H groups in total. The molecule has 2 amide bonds. The van der Waals surface area contributed by atoms with Crippen molar-refractivity contribution in [3.8, 4) is 29.9 Å². The summed E-state index contributed by atoms with van der Waals surface area (Å²) in [5.74, 6) is 8.83. The minimum absolute atomic E-state index is 0.0106. The number of terminal acetylenes is 1. The maximum Gasteiger partial charge on any atom is 0.291 e. The standard InChI is InChI=1S/C30H31N7O3/c1-3-13-35-15-17-36(18-16-35)14-7-10-23-11-12-27-26(19-23)34(2)30(39)25(21-40-27)32-29(38)28-31-22-37(33-28)20-24-8-5-4-6-9-24/h1,4-6,8-9,11-12,19,22,25H,13-18,20-21H2,2H3,(H,32,38)/t25-/m0/s1. The summed E-state index contributed by atoms with van der Waals surface area (Å²) in [7, 11) is 1.66. The maximum absolute atomic E-state index is 13.3. The summed E-state index contributed by atoms with van der Waals surface area (Å²) in [5.41, 5.74) is 2.42. The fraction of sp³-hybridized carbons (Fsp3) is 0.333. The topological polar surface area (TPSA) is 95.8 Å². The Bertz CT molecular complexity index is 1460. The Balaban J connectivity index is 1.19. The molecule has 3 aromatic rings. The van der Waals surface area contributed by atoms with Crippen LogP contribution in [-0.2, 0) is 11.3 Å². The van der Waals surface area contributed by atoms with Gasteiger partial charge in [-0.15, -0.1) is 11.5 Å². The minimum atomic E-state index is -0.895. The summed E-state index contributed by atoms with van der Waals surface area (Å²) in [5, 5.41) is 6.99. The van der Waals surface area contributed by atoms with Gasteiger partial charge in [0.2, 0.25) is 5.82 Å². The van der Waals surface area contributed by atoms with Crippen LogP contribution < -0.4 is 15.0 Å². The Labute approximate surface area is 233 Å². The second-order valence-electron chi connectivity index (χ2n) is 9.73. The summed E-state index contributed by atoms with van der Waals surface area (Å²) in [6, 6.07) is 14.4. The molecule has 1 saturated heterocycles. The van der Waals surface area contributed by atoms with Gasteiger partial charge in [0.25, 0.3) is 11.8 Å². The van der Waals surface area contributed by atoms with Crippen molar-refractivity contribution in [1.82, 2.24) is 29.9 Å². The SMILES string of the molecule is C#CCN1CCN(CC#Cc2ccc3c(c2)N(C)C(=O)[C@@H](NC(=O)c2ncn(Cc4ccccc4)n2)CO3)CC1. The maximum atomic E-state index is 13.3. The number of amides is 2. The minimum Gasteiger partial charge on any atom is -0.489 e. The van der Waals surface area contributed by atoms with Gasteiger partial charge in [0.1, 0.15) is 24.7 Å². The van der Waals surface area contributed by atoms with Gasteiger partial charge < -0.3 is 15.0 Å². The predicted molar refractivity (Wildman–Crippen MR) is 151 cm³/mol. The molecular formula is C30H31N7O3. The molecule has 10 nitrogen and oxygen atoms in total. The van der Waals surface area contributed by atoms with Crippen molar-refractivity contribution in [2.45, 2.75) is 12.6 Å². The van der Waals surface area contributed by atoms with E-state index in [-0.39, 0.29) is 18.3 Å². The summed E-state index contributed by atoms with van der Waals surface area (Å²) < 4.78 is 7.49. The summed E-state index contributed by atoms with van der Waals surface area (Å²) in [4.78, 5) is 36.3. The van der Waals surface area contributed by atoms with Gasteiger partial charge in [-0.1, -0.05) is 48.1 Å². The van der Waals surface area contributed by atoms with Crippen molar-refractivity contribution in [3.63, 3.8) is 0 Å². The largest absolute Gasteiger partial charge is 0.489 e. The van der Waals surface area contributed by atoms with E-state index in [4.69, 9.17) is 11.2 Å². The van der Waals surface area contributed by atoms with Gasteiger partial charge in [0, 0.05) is 38.8 Å². The fourth-order valence-electron chi connectivity index (χ4n) is 4.64. The lowest BCUT2D eigenvalue weighted by Crippen LogP contribution is -2.49. The molecule has 10 heteroatoms. The zero-order valence-corrected chi connectivity index (χ0v) is 22.4. The van der Waals surface area contributed by atoms with E-state index in [1.165, 1.54) is 11.2 Å². The number of likely N-dealkylation sites (N-methyl/N-ethyl adjacent to an activating group) is 1. The average Bonchev–Trinajstić information content (AvgIpc) is 3.41. The quantitative estimate of drug-likeness (QED) is 0.471. The second-order valence-corrected chi connectivity index (χ2v) is 9.73. The highest BCUT2D eigenvalue weighted by Gasteiger charge is 2.31. The van der Waals surface area contributed by atoms with E-state index in [0.717, 1.165) is 37.3 Å². The summed E-state index contributed by atoms with van der Waals surface area (Å²) in [6.07, 6.45) is 6.90. The number of ether oxygens (including phenoxy) is 1. The van der Waals surface area contributed by atoms with E-state index in [9.17, 15) is 9.59 Å². The molecule has 204 valence electrons. The van der Waals surface area contributed by atoms with E-state index in [0.29, 0.717) is 31.1 Å². The summed E-state index contributed by atoms with van der Waals surface area (Å²) >= 11 is 0. The molecule has 40 heavy (non-hydrogen) atoms. The van der Waals surface area contributed by atoms with Gasteiger partial charge in [-0.25, -0.2) is 9.67 Å². The molecule has 0 radical (unpaired) electrons. The molecule has 2 aliphatic rings. The number of hydrogen-bond acceptors (Lipinski definition) is 7. The first-order valence-electron chi connectivity index (χ1n) is 13.2. The van der Waals surface area contributed by atoms with Crippen LogP contribution in [-0.4, -0.2) is 95.3 Å². The Kier molecular flexibility index (Phi) is 8.41. The third kappa shape index (κ3) is 6.49. The number of rotatable bonds is 6. The first kappa shape index (κ1) is 26.9. The van der Waals surface area contributed by atoms with Crippen LogP contribution >= 0.6 is 0 Å². The third-order valence-electron chi connectivity index (χ3n) is 6.90. The monoisotopic (exact) mass is 537 g/mol. The third-order valence-corrected chi connectivity index (χ3v) is 6.90. The van der Waals surface area contributed by atoms with Crippen molar-refractivity contribution in [2.24, 2.45) is 0 Å².